The van der Waals surface area contributed by atoms with E-state index in [1.54, 1.807) is 11.3 Å². The lowest BCUT2D eigenvalue weighted by atomic mass is 10.2. The van der Waals surface area contributed by atoms with E-state index < -0.39 is 0 Å². The molecule has 0 atom stereocenters. The van der Waals surface area contributed by atoms with Gasteiger partial charge in [-0.15, -0.1) is 11.3 Å². The van der Waals surface area contributed by atoms with Crippen LogP contribution in [-0.4, -0.2) is 11.8 Å². The van der Waals surface area contributed by atoms with Gasteiger partial charge < -0.3 is 9.47 Å². The molecule has 0 radical (unpaired) electrons. The zero-order chi connectivity index (χ0) is 10.8. The van der Waals surface area contributed by atoms with Gasteiger partial charge in [0.2, 0.25) is 6.79 Å². The molecule has 1 aliphatic rings. The largest absolute Gasteiger partial charge is 0.454 e. The predicted molar refractivity (Wildman–Crippen MR) is 63.6 cm³/mol. The van der Waals surface area contributed by atoms with Crippen molar-refractivity contribution in [3.63, 3.8) is 0 Å². The van der Waals surface area contributed by atoms with Gasteiger partial charge in [-0.2, -0.15) is 0 Å². The Hall–Kier alpha value is -1.81. The van der Waals surface area contributed by atoms with Crippen molar-refractivity contribution in [2.24, 2.45) is 0 Å². The number of benzene rings is 1. The van der Waals surface area contributed by atoms with Crippen molar-refractivity contribution in [3.8, 4) is 11.5 Å². The fourth-order valence-corrected chi connectivity index (χ4v) is 2.02. The molecule has 1 aliphatic heterocycles. The van der Waals surface area contributed by atoms with Crippen LogP contribution in [0.1, 0.15) is 11.3 Å². The number of nitrogens with zero attached hydrogens (tertiary/aromatic N) is 1. The lowest BCUT2D eigenvalue weighted by molar-refractivity contribution is 0.174. The molecule has 1 aromatic heterocycles. The molecule has 0 saturated carbocycles. The molecule has 3 rings (SSSR count). The minimum absolute atomic E-state index is 0.314. The molecule has 2 aromatic rings. The molecule has 0 N–H and O–H groups in total. The second-order valence-corrected chi connectivity index (χ2v) is 4.08. The average Bonchev–Trinajstić information content (AvgIpc) is 2.97. The van der Waals surface area contributed by atoms with Crippen LogP contribution in [0.25, 0.3) is 12.2 Å². The highest BCUT2D eigenvalue weighted by atomic mass is 32.1. The van der Waals surface area contributed by atoms with Crippen molar-refractivity contribution >= 4 is 23.5 Å². The van der Waals surface area contributed by atoms with Crippen LogP contribution in [0, 0.1) is 0 Å². The maximum Gasteiger partial charge on any atom is 0.231 e. The second-order valence-electron chi connectivity index (χ2n) is 3.36. The van der Waals surface area contributed by atoms with Crippen LogP contribution in [0.15, 0.2) is 29.1 Å². The van der Waals surface area contributed by atoms with Gasteiger partial charge in [-0.3, -0.25) is 0 Å². The van der Waals surface area contributed by atoms with E-state index in [0.717, 1.165) is 22.8 Å². The first kappa shape index (κ1) is 9.42. The molecule has 2 heterocycles. The van der Waals surface area contributed by atoms with E-state index in [4.69, 9.17) is 9.47 Å². The summed E-state index contributed by atoms with van der Waals surface area (Å²) < 4.78 is 10.6. The Morgan fingerprint density at radius 3 is 3.00 bits per heavy atom. The Morgan fingerprint density at radius 2 is 2.12 bits per heavy atom. The quantitative estimate of drug-likeness (QED) is 0.796. The minimum Gasteiger partial charge on any atom is -0.454 e. The van der Waals surface area contributed by atoms with Crippen LogP contribution in [0.5, 0.6) is 11.5 Å². The highest BCUT2D eigenvalue weighted by Gasteiger charge is 2.11. The van der Waals surface area contributed by atoms with Gasteiger partial charge >= 0.3 is 0 Å². The summed E-state index contributed by atoms with van der Waals surface area (Å²) in [5.74, 6) is 1.62. The second kappa shape index (κ2) is 3.98. The molecule has 0 aliphatic carbocycles. The van der Waals surface area contributed by atoms with Crippen molar-refractivity contribution in [2.75, 3.05) is 6.79 Å². The normalized spacial score (nSPS) is 13.5. The van der Waals surface area contributed by atoms with Crippen molar-refractivity contribution in [1.29, 1.82) is 0 Å². The molecule has 80 valence electrons. The summed E-state index contributed by atoms with van der Waals surface area (Å²) >= 11 is 1.59. The smallest absolute Gasteiger partial charge is 0.231 e. The average molecular weight is 231 g/mol. The van der Waals surface area contributed by atoms with Gasteiger partial charge in [0.15, 0.2) is 11.5 Å². The molecular weight excluding hydrogens is 222 g/mol. The minimum atomic E-state index is 0.314. The first-order valence-electron chi connectivity index (χ1n) is 4.88. The van der Waals surface area contributed by atoms with Crippen LogP contribution in [0.3, 0.4) is 0 Å². The highest BCUT2D eigenvalue weighted by molar-refractivity contribution is 7.07. The van der Waals surface area contributed by atoms with Crippen LogP contribution < -0.4 is 9.47 Å². The SMILES string of the molecule is C(=Cc1cscn1)c1ccc2c(c1)OCO2. The third kappa shape index (κ3) is 1.79. The lowest BCUT2D eigenvalue weighted by Gasteiger charge is -1.96. The maximum absolute atomic E-state index is 5.31. The Kier molecular flexibility index (Phi) is 2.34. The summed E-state index contributed by atoms with van der Waals surface area (Å²) in [5, 5.41) is 2.00. The van der Waals surface area contributed by atoms with Gasteiger partial charge in [-0.1, -0.05) is 12.1 Å². The number of ether oxygens (including phenoxy) is 2. The van der Waals surface area contributed by atoms with Gasteiger partial charge in [-0.25, -0.2) is 4.98 Å². The number of fused-ring (bicyclic) bond motifs is 1. The fourth-order valence-electron chi connectivity index (χ4n) is 1.50. The lowest BCUT2D eigenvalue weighted by Crippen LogP contribution is -1.92. The third-order valence-corrected chi connectivity index (χ3v) is 2.90. The molecule has 0 spiro atoms. The maximum atomic E-state index is 5.31. The third-order valence-electron chi connectivity index (χ3n) is 2.29. The van der Waals surface area contributed by atoms with E-state index in [9.17, 15) is 0 Å². The molecule has 0 bridgehead atoms. The summed E-state index contributed by atoms with van der Waals surface area (Å²) in [6, 6.07) is 5.88. The molecular formula is C12H9NO2S. The van der Waals surface area contributed by atoms with Crippen LogP contribution in [0.4, 0.5) is 0 Å². The molecule has 1 aromatic carbocycles. The zero-order valence-corrected chi connectivity index (χ0v) is 9.24. The Morgan fingerprint density at radius 1 is 1.19 bits per heavy atom. The van der Waals surface area contributed by atoms with E-state index >= 15 is 0 Å². The Labute approximate surface area is 97.0 Å². The first-order chi connectivity index (χ1) is 7.92. The van der Waals surface area contributed by atoms with Gasteiger partial charge in [0, 0.05) is 5.38 Å². The summed E-state index contributed by atoms with van der Waals surface area (Å²) in [5.41, 5.74) is 3.87. The van der Waals surface area contributed by atoms with Gasteiger partial charge in [0.05, 0.1) is 11.2 Å². The summed E-state index contributed by atoms with van der Waals surface area (Å²) in [6.07, 6.45) is 3.99. The molecule has 0 amide bonds. The van der Waals surface area contributed by atoms with Crippen LogP contribution >= 0.6 is 11.3 Å². The first-order valence-corrected chi connectivity index (χ1v) is 5.82. The van der Waals surface area contributed by atoms with Crippen LogP contribution in [-0.2, 0) is 0 Å². The van der Waals surface area contributed by atoms with Crippen molar-refractivity contribution in [2.45, 2.75) is 0 Å². The summed E-state index contributed by atoms with van der Waals surface area (Å²) in [7, 11) is 0. The number of hydrogen-bond acceptors (Lipinski definition) is 4. The summed E-state index contributed by atoms with van der Waals surface area (Å²) in [4.78, 5) is 4.18. The van der Waals surface area contributed by atoms with Crippen molar-refractivity contribution in [1.82, 2.24) is 4.98 Å². The van der Waals surface area contributed by atoms with Gasteiger partial charge in [-0.05, 0) is 23.8 Å². The molecule has 3 nitrogen and oxygen atoms in total. The van der Waals surface area contributed by atoms with E-state index in [1.807, 2.05) is 41.2 Å². The Balaban J connectivity index is 1.85. The monoisotopic (exact) mass is 231 g/mol. The van der Waals surface area contributed by atoms with E-state index in [2.05, 4.69) is 4.98 Å². The van der Waals surface area contributed by atoms with E-state index in [1.165, 1.54) is 0 Å². The van der Waals surface area contributed by atoms with E-state index in [-0.39, 0.29) is 0 Å². The van der Waals surface area contributed by atoms with Crippen molar-refractivity contribution in [3.05, 3.63) is 40.3 Å². The van der Waals surface area contributed by atoms with Crippen LogP contribution in [0.2, 0.25) is 0 Å². The van der Waals surface area contributed by atoms with Gasteiger partial charge in [0.1, 0.15) is 0 Å². The van der Waals surface area contributed by atoms with Crippen molar-refractivity contribution < 1.29 is 9.47 Å². The Bertz CT molecular complexity index is 520. The number of hydrogen-bond donors (Lipinski definition) is 0. The standard InChI is InChI=1S/C12H9NO2S/c1(3-10-6-16-7-13-10)9-2-4-11-12(5-9)15-8-14-11/h1-7H,8H2. The molecule has 0 fully saturated rings. The topological polar surface area (TPSA) is 31.4 Å². The molecule has 4 heteroatoms. The van der Waals surface area contributed by atoms with Gasteiger partial charge in [0.25, 0.3) is 0 Å². The number of thiazole rings is 1. The molecule has 0 saturated heterocycles. The zero-order valence-electron chi connectivity index (χ0n) is 8.42. The van der Waals surface area contributed by atoms with E-state index in [0.29, 0.717) is 6.79 Å². The molecule has 0 unspecified atom stereocenters. The number of aromatic nitrogens is 1. The fraction of sp³-hybridized carbons (Fsp3) is 0.0833. The predicted octanol–water partition coefficient (Wildman–Crippen LogP) is 3.04. The summed E-state index contributed by atoms with van der Waals surface area (Å²) in [6.45, 7) is 0.314. The highest BCUT2D eigenvalue weighted by Crippen LogP contribution is 2.32. The number of rotatable bonds is 2. The molecule has 16 heavy (non-hydrogen) atoms.